The van der Waals surface area contributed by atoms with Crippen molar-refractivity contribution in [2.75, 3.05) is 5.73 Å². The third-order valence-electron chi connectivity index (χ3n) is 2.25. The molecule has 0 aliphatic carbocycles. The Morgan fingerprint density at radius 1 is 1.13 bits per heavy atom. The second kappa shape index (κ2) is 4.45. The summed E-state index contributed by atoms with van der Waals surface area (Å²) in [6, 6.07) is 11.8. The molecular weight excluding hydrogens is 252 g/mol. The van der Waals surface area contributed by atoms with Gasteiger partial charge in [-0.1, -0.05) is 18.2 Å². The summed E-state index contributed by atoms with van der Waals surface area (Å²) in [5.41, 5.74) is 8.81. The van der Waals surface area contributed by atoms with Crippen LogP contribution < -0.4 is 5.73 Å². The fourth-order valence-electron chi connectivity index (χ4n) is 1.42. The Hall–Kier alpha value is -1.35. The first-order valence-electron chi connectivity index (χ1n) is 4.70. The molecule has 0 aliphatic rings. The molecule has 2 rings (SSSR count). The summed E-state index contributed by atoms with van der Waals surface area (Å²) in [5.74, 6) is 0. The van der Waals surface area contributed by atoms with Gasteiger partial charge < -0.3 is 5.73 Å². The van der Waals surface area contributed by atoms with Crippen LogP contribution in [0.5, 0.6) is 0 Å². The standard InChI is InChI=1S/C12H11BrN2/c13-10-5-3-7-15-12(10)8-9-4-1-2-6-11(9)14/h1-7H,8,14H2. The van der Waals surface area contributed by atoms with Crippen LogP contribution in [0.15, 0.2) is 47.1 Å². The van der Waals surface area contributed by atoms with Crippen molar-refractivity contribution in [1.82, 2.24) is 4.98 Å². The molecule has 15 heavy (non-hydrogen) atoms. The van der Waals surface area contributed by atoms with Gasteiger partial charge in [-0.25, -0.2) is 0 Å². The lowest BCUT2D eigenvalue weighted by Gasteiger charge is -2.05. The summed E-state index contributed by atoms with van der Waals surface area (Å²) in [7, 11) is 0. The van der Waals surface area contributed by atoms with Crippen molar-refractivity contribution in [2.45, 2.75) is 6.42 Å². The number of hydrogen-bond acceptors (Lipinski definition) is 2. The fourth-order valence-corrected chi connectivity index (χ4v) is 1.82. The van der Waals surface area contributed by atoms with Crippen LogP contribution in [-0.4, -0.2) is 4.98 Å². The number of rotatable bonds is 2. The predicted molar refractivity (Wildman–Crippen MR) is 65.6 cm³/mol. The highest BCUT2D eigenvalue weighted by Gasteiger charge is 2.03. The molecule has 1 heterocycles. The monoisotopic (exact) mass is 262 g/mol. The number of nitrogens with zero attached hydrogens (tertiary/aromatic N) is 1. The largest absolute Gasteiger partial charge is 0.398 e. The number of aromatic nitrogens is 1. The lowest BCUT2D eigenvalue weighted by molar-refractivity contribution is 1.06. The molecule has 2 N–H and O–H groups in total. The van der Waals surface area contributed by atoms with E-state index in [9.17, 15) is 0 Å². The zero-order valence-corrected chi connectivity index (χ0v) is 9.74. The van der Waals surface area contributed by atoms with E-state index in [4.69, 9.17) is 5.73 Å². The average molecular weight is 263 g/mol. The number of benzene rings is 1. The molecule has 2 aromatic rings. The van der Waals surface area contributed by atoms with Crippen LogP contribution in [-0.2, 0) is 6.42 Å². The summed E-state index contributed by atoms with van der Waals surface area (Å²) in [6.07, 6.45) is 2.55. The zero-order chi connectivity index (χ0) is 10.7. The van der Waals surface area contributed by atoms with E-state index >= 15 is 0 Å². The molecule has 0 aliphatic heterocycles. The molecule has 0 fully saturated rings. The summed E-state index contributed by atoms with van der Waals surface area (Å²) in [6.45, 7) is 0. The van der Waals surface area contributed by atoms with Gasteiger partial charge in [0.2, 0.25) is 0 Å². The van der Waals surface area contributed by atoms with Crippen LogP contribution in [0.25, 0.3) is 0 Å². The highest BCUT2D eigenvalue weighted by molar-refractivity contribution is 9.10. The summed E-state index contributed by atoms with van der Waals surface area (Å²) < 4.78 is 1.02. The van der Waals surface area contributed by atoms with Gasteiger partial charge in [-0.3, -0.25) is 4.98 Å². The second-order valence-corrected chi connectivity index (χ2v) is 4.16. The Bertz CT molecular complexity index is 425. The van der Waals surface area contributed by atoms with Crippen LogP contribution >= 0.6 is 15.9 Å². The normalized spacial score (nSPS) is 10.2. The van der Waals surface area contributed by atoms with Crippen LogP contribution in [0.2, 0.25) is 0 Å². The third kappa shape index (κ3) is 2.36. The average Bonchev–Trinajstić information content (AvgIpc) is 2.24. The van der Waals surface area contributed by atoms with E-state index in [0.29, 0.717) is 0 Å². The van der Waals surface area contributed by atoms with Crippen LogP contribution in [0, 0.1) is 0 Å². The maximum absolute atomic E-state index is 5.88. The number of nitrogen functional groups attached to an aromatic ring is 1. The predicted octanol–water partition coefficient (Wildman–Crippen LogP) is 3.02. The maximum atomic E-state index is 5.88. The zero-order valence-electron chi connectivity index (χ0n) is 8.15. The first-order valence-corrected chi connectivity index (χ1v) is 5.49. The molecule has 0 spiro atoms. The highest BCUT2D eigenvalue weighted by atomic mass is 79.9. The SMILES string of the molecule is Nc1ccccc1Cc1ncccc1Br. The van der Waals surface area contributed by atoms with E-state index < -0.39 is 0 Å². The molecule has 0 atom stereocenters. The number of anilines is 1. The number of pyridine rings is 1. The molecule has 3 heteroatoms. The number of halogens is 1. The number of nitrogens with two attached hydrogens (primary N) is 1. The summed E-state index contributed by atoms with van der Waals surface area (Å²) in [5, 5.41) is 0. The minimum atomic E-state index is 0.758. The Kier molecular flexibility index (Phi) is 3.02. The molecule has 0 amide bonds. The van der Waals surface area contributed by atoms with Crippen molar-refractivity contribution < 1.29 is 0 Å². The second-order valence-electron chi connectivity index (χ2n) is 3.31. The minimum absolute atomic E-state index is 0.758. The van der Waals surface area contributed by atoms with Gasteiger partial charge in [0, 0.05) is 22.8 Å². The Morgan fingerprint density at radius 3 is 2.67 bits per heavy atom. The molecule has 0 saturated carbocycles. The smallest absolute Gasteiger partial charge is 0.0589 e. The minimum Gasteiger partial charge on any atom is -0.398 e. The van der Waals surface area contributed by atoms with Gasteiger partial charge in [0.05, 0.1) is 5.69 Å². The van der Waals surface area contributed by atoms with Crippen molar-refractivity contribution in [1.29, 1.82) is 0 Å². The topological polar surface area (TPSA) is 38.9 Å². The van der Waals surface area contributed by atoms with Gasteiger partial charge in [-0.15, -0.1) is 0 Å². The van der Waals surface area contributed by atoms with Crippen LogP contribution in [0.4, 0.5) is 5.69 Å². The third-order valence-corrected chi connectivity index (χ3v) is 2.97. The molecule has 76 valence electrons. The molecular formula is C12H11BrN2. The highest BCUT2D eigenvalue weighted by Crippen LogP contribution is 2.20. The summed E-state index contributed by atoms with van der Waals surface area (Å²) in [4.78, 5) is 4.31. The van der Waals surface area contributed by atoms with E-state index in [2.05, 4.69) is 20.9 Å². The van der Waals surface area contributed by atoms with E-state index in [-0.39, 0.29) is 0 Å². The van der Waals surface area contributed by atoms with Gasteiger partial charge in [0.15, 0.2) is 0 Å². The van der Waals surface area contributed by atoms with Crippen molar-refractivity contribution in [3.63, 3.8) is 0 Å². The van der Waals surface area contributed by atoms with E-state index in [0.717, 1.165) is 27.8 Å². The summed E-state index contributed by atoms with van der Waals surface area (Å²) >= 11 is 3.47. The van der Waals surface area contributed by atoms with Crippen molar-refractivity contribution in [2.24, 2.45) is 0 Å². The number of para-hydroxylation sites is 1. The van der Waals surface area contributed by atoms with Gasteiger partial charge in [-0.2, -0.15) is 0 Å². The van der Waals surface area contributed by atoms with Gasteiger partial charge in [-0.05, 0) is 39.7 Å². The molecule has 2 nitrogen and oxygen atoms in total. The van der Waals surface area contributed by atoms with Crippen LogP contribution in [0.3, 0.4) is 0 Å². The first-order chi connectivity index (χ1) is 7.27. The molecule has 0 radical (unpaired) electrons. The van der Waals surface area contributed by atoms with Crippen molar-refractivity contribution >= 4 is 21.6 Å². The fraction of sp³-hybridized carbons (Fsp3) is 0.0833. The lowest BCUT2D eigenvalue weighted by atomic mass is 10.1. The molecule has 0 saturated heterocycles. The van der Waals surface area contributed by atoms with E-state index in [1.807, 2.05) is 36.4 Å². The lowest BCUT2D eigenvalue weighted by Crippen LogP contribution is -1.97. The molecule has 1 aromatic carbocycles. The molecule has 0 bridgehead atoms. The van der Waals surface area contributed by atoms with E-state index in [1.165, 1.54) is 0 Å². The van der Waals surface area contributed by atoms with Crippen LogP contribution in [0.1, 0.15) is 11.3 Å². The van der Waals surface area contributed by atoms with Gasteiger partial charge >= 0.3 is 0 Å². The van der Waals surface area contributed by atoms with Crippen molar-refractivity contribution in [3.8, 4) is 0 Å². The maximum Gasteiger partial charge on any atom is 0.0589 e. The van der Waals surface area contributed by atoms with Gasteiger partial charge in [0.1, 0.15) is 0 Å². The number of hydrogen-bond donors (Lipinski definition) is 1. The Morgan fingerprint density at radius 2 is 1.93 bits per heavy atom. The van der Waals surface area contributed by atoms with Gasteiger partial charge in [0.25, 0.3) is 0 Å². The molecule has 1 aromatic heterocycles. The quantitative estimate of drug-likeness (QED) is 0.846. The Balaban J connectivity index is 2.30. The van der Waals surface area contributed by atoms with E-state index in [1.54, 1.807) is 6.20 Å². The Labute approximate surface area is 97.3 Å². The molecule has 0 unspecified atom stereocenters. The van der Waals surface area contributed by atoms with Crippen molar-refractivity contribution in [3.05, 3.63) is 58.3 Å². The first kappa shape index (κ1) is 10.2.